The van der Waals surface area contributed by atoms with Gasteiger partial charge < -0.3 is 9.80 Å². The number of carbonyl (C=O) groups is 1. The van der Waals surface area contributed by atoms with Crippen LogP contribution in [0.1, 0.15) is 28.8 Å². The largest absolute Gasteiger partial charge is 0.354 e. The molecule has 2 aromatic rings. The molecule has 1 aromatic heterocycles. The Balaban J connectivity index is 1.28. The Bertz CT molecular complexity index is 1000. The minimum atomic E-state index is -3.08. The number of hydrogen-bond acceptors (Lipinski definition) is 6. The maximum Gasteiger partial charge on any atom is 0.253 e. The molecule has 2 aliphatic rings. The van der Waals surface area contributed by atoms with Gasteiger partial charge in [0.2, 0.25) is 0 Å². The maximum absolute atomic E-state index is 13.0. The average Bonchev–Trinajstić information content (AvgIpc) is 2.79. The van der Waals surface area contributed by atoms with Crippen LogP contribution in [0.15, 0.2) is 48.7 Å². The molecule has 0 saturated carbocycles. The molecule has 0 aliphatic carbocycles. The Kier molecular flexibility index (Phi) is 7.10. The van der Waals surface area contributed by atoms with E-state index in [0.717, 1.165) is 64.5 Å². The van der Waals surface area contributed by atoms with Gasteiger partial charge in [0.1, 0.15) is 5.82 Å². The van der Waals surface area contributed by atoms with Crippen LogP contribution in [0.2, 0.25) is 0 Å². The first-order valence-electron chi connectivity index (χ1n) is 11.3. The van der Waals surface area contributed by atoms with Gasteiger partial charge in [-0.1, -0.05) is 18.2 Å². The van der Waals surface area contributed by atoms with Gasteiger partial charge in [0, 0.05) is 63.8 Å². The van der Waals surface area contributed by atoms with Crippen molar-refractivity contribution in [1.29, 1.82) is 0 Å². The van der Waals surface area contributed by atoms with Gasteiger partial charge in [0.15, 0.2) is 9.84 Å². The normalized spacial score (nSPS) is 20.3. The number of rotatable bonds is 6. The lowest BCUT2D eigenvalue weighted by atomic mass is 9.96. The third kappa shape index (κ3) is 6.07. The van der Waals surface area contributed by atoms with E-state index in [9.17, 15) is 13.2 Å². The number of anilines is 1. The summed E-state index contributed by atoms with van der Waals surface area (Å²) in [6.45, 7) is 6.58. The van der Waals surface area contributed by atoms with E-state index >= 15 is 0 Å². The van der Waals surface area contributed by atoms with E-state index in [0.29, 0.717) is 17.0 Å². The van der Waals surface area contributed by atoms with E-state index in [-0.39, 0.29) is 11.7 Å². The van der Waals surface area contributed by atoms with E-state index in [1.807, 2.05) is 23.2 Å². The number of sulfone groups is 1. The topological polar surface area (TPSA) is 73.8 Å². The van der Waals surface area contributed by atoms with Crippen LogP contribution in [0.25, 0.3) is 0 Å². The lowest BCUT2D eigenvalue weighted by Gasteiger charge is -2.39. The van der Waals surface area contributed by atoms with Crippen molar-refractivity contribution in [3.05, 3.63) is 59.8 Å². The van der Waals surface area contributed by atoms with Crippen LogP contribution in [-0.2, 0) is 15.6 Å². The molecule has 0 radical (unpaired) electrons. The Morgan fingerprint density at radius 1 is 1.03 bits per heavy atom. The van der Waals surface area contributed by atoms with E-state index in [4.69, 9.17) is 0 Å². The summed E-state index contributed by atoms with van der Waals surface area (Å²) >= 11 is 0. The van der Waals surface area contributed by atoms with Gasteiger partial charge in [-0.15, -0.1) is 0 Å². The number of piperidine rings is 1. The molecule has 0 spiro atoms. The summed E-state index contributed by atoms with van der Waals surface area (Å²) in [6.07, 6.45) is 5.24. The highest BCUT2D eigenvalue weighted by Crippen LogP contribution is 2.21. The molecule has 2 aliphatic heterocycles. The first-order chi connectivity index (χ1) is 15.4. The van der Waals surface area contributed by atoms with E-state index in [2.05, 4.69) is 20.9 Å². The lowest BCUT2D eigenvalue weighted by Crippen LogP contribution is -2.50. The number of amides is 1. The maximum atomic E-state index is 13.0. The molecule has 0 bridgehead atoms. The zero-order valence-electron chi connectivity index (χ0n) is 18.7. The molecule has 1 atom stereocenters. The van der Waals surface area contributed by atoms with Gasteiger partial charge in [-0.05, 0) is 48.6 Å². The Morgan fingerprint density at radius 2 is 1.78 bits per heavy atom. The molecule has 4 rings (SSSR count). The summed E-state index contributed by atoms with van der Waals surface area (Å²) in [4.78, 5) is 24.3. The zero-order chi connectivity index (χ0) is 22.6. The number of carbonyl (C=O) groups excluding carboxylic acids is 1. The molecular weight excluding hydrogens is 424 g/mol. The molecule has 1 unspecified atom stereocenters. The summed E-state index contributed by atoms with van der Waals surface area (Å²) < 4.78 is 22.9. The molecule has 1 aromatic carbocycles. The number of nitrogens with zero attached hydrogens (tertiary/aromatic N) is 4. The highest BCUT2D eigenvalue weighted by atomic mass is 32.2. The second-order valence-electron chi connectivity index (χ2n) is 9.00. The van der Waals surface area contributed by atoms with Crippen molar-refractivity contribution in [2.24, 2.45) is 5.92 Å². The fourth-order valence-corrected chi connectivity index (χ4v) is 5.49. The van der Waals surface area contributed by atoms with Crippen molar-refractivity contribution in [2.45, 2.75) is 18.6 Å². The summed E-state index contributed by atoms with van der Waals surface area (Å²) in [6, 6.07) is 13.0. The quantitative estimate of drug-likeness (QED) is 0.664. The van der Waals surface area contributed by atoms with Crippen LogP contribution < -0.4 is 4.90 Å². The molecule has 1 amide bonds. The predicted molar refractivity (Wildman–Crippen MR) is 127 cm³/mol. The second kappa shape index (κ2) is 10.0. The number of benzene rings is 1. The minimum absolute atomic E-state index is 0.000850. The number of aromatic nitrogens is 1. The first-order valence-corrected chi connectivity index (χ1v) is 13.4. The zero-order valence-corrected chi connectivity index (χ0v) is 19.5. The van der Waals surface area contributed by atoms with E-state index < -0.39 is 9.84 Å². The first kappa shape index (κ1) is 22.7. The van der Waals surface area contributed by atoms with Crippen molar-refractivity contribution >= 4 is 21.6 Å². The van der Waals surface area contributed by atoms with Crippen LogP contribution in [0.3, 0.4) is 0 Å². The van der Waals surface area contributed by atoms with Crippen molar-refractivity contribution in [3.63, 3.8) is 0 Å². The van der Waals surface area contributed by atoms with Crippen molar-refractivity contribution in [1.82, 2.24) is 14.8 Å². The highest BCUT2D eigenvalue weighted by Gasteiger charge is 2.27. The van der Waals surface area contributed by atoms with E-state index in [1.165, 1.54) is 6.26 Å². The molecule has 3 heterocycles. The molecule has 8 heteroatoms. The smallest absolute Gasteiger partial charge is 0.253 e. The van der Waals surface area contributed by atoms with Crippen molar-refractivity contribution in [3.8, 4) is 0 Å². The number of piperazine rings is 1. The summed E-state index contributed by atoms with van der Waals surface area (Å²) in [5, 5.41) is 0. The summed E-state index contributed by atoms with van der Waals surface area (Å²) in [7, 11) is -3.08. The van der Waals surface area contributed by atoms with Crippen LogP contribution in [0.5, 0.6) is 0 Å². The van der Waals surface area contributed by atoms with Crippen molar-refractivity contribution in [2.75, 3.05) is 57.0 Å². The molecule has 2 fully saturated rings. The molecule has 32 heavy (non-hydrogen) atoms. The second-order valence-corrected chi connectivity index (χ2v) is 11.1. The molecule has 0 N–H and O–H groups in total. The fourth-order valence-electron chi connectivity index (χ4n) is 4.69. The van der Waals surface area contributed by atoms with Crippen molar-refractivity contribution < 1.29 is 13.2 Å². The number of likely N-dealkylation sites (tertiary alicyclic amines) is 1. The Morgan fingerprint density at radius 3 is 2.44 bits per heavy atom. The highest BCUT2D eigenvalue weighted by molar-refractivity contribution is 7.89. The van der Waals surface area contributed by atoms with Gasteiger partial charge in [0.25, 0.3) is 5.91 Å². The molecule has 172 valence electrons. The van der Waals surface area contributed by atoms with Gasteiger partial charge in [-0.2, -0.15) is 0 Å². The van der Waals surface area contributed by atoms with Gasteiger partial charge in [-0.3, -0.25) is 9.69 Å². The monoisotopic (exact) mass is 456 g/mol. The molecule has 7 nitrogen and oxygen atoms in total. The SMILES string of the molecule is CS(=O)(=O)Cc1ccc(C(=O)N2CCCC(CN3CCN(c4ccccn4)CC3)C2)cc1. The third-order valence-electron chi connectivity index (χ3n) is 6.30. The molecule has 2 saturated heterocycles. The Hall–Kier alpha value is -2.45. The molecular formula is C24H32N4O3S. The van der Waals surface area contributed by atoms with E-state index in [1.54, 1.807) is 24.3 Å². The lowest BCUT2D eigenvalue weighted by molar-refractivity contribution is 0.0637. The minimum Gasteiger partial charge on any atom is -0.354 e. The van der Waals surface area contributed by atoms with Crippen LogP contribution in [0, 0.1) is 5.92 Å². The van der Waals surface area contributed by atoms with Gasteiger partial charge in [-0.25, -0.2) is 13.4 Å². The Labute approximate surface area is 191 Å². The number of pyridine rings is 1. The predicted octanol–water partition coefficient (Wildman–Crippen LogP) is 2.30. The van der Waals surface area contributed by atoms with Crippen LogP contribution in [-0.4, -0.2) is 81.2 Å². The third-order valence-corrected chi connectivity index (χ3v) is 7.16. The summed E-state index contributed by atoms with van der Waals surface area (Å²) in [5.41, 5.74) is 1.34. The van der Waals surface area contributed by atoms with Crippen LogP contribution >= 0.6 is 0 Å². The fraction of sp³-hybridized carbons (Fsp3) is 0.500. The number of hydrogen-bond donors (Lipinski definition) is 0. The van der Waals surface area contributed by atoms with Gasteiger partial charge >= 0.3 is 0 Å². The van der Waals surface area contributed by atoms with Crippen LogP contribution in [0.4, 0.5) is 5.82 Å². The standard InChI is InChI=1S/C24H32N4O3S/c1-32(30,31)19-20-7-9-22(10-8-20)24(29)28-12-4-5-21(18-28)17-26-13-15-27(16-14-26)23-6-2-3-11-25-23/h2-3,6-11,21H,4-5,12-19H2,1H3. The average molecular weight is 457 g/mol. The summed E-state index contributed by atoms with van der Waals surface area (Å²) in [5.74, 6) is 1.57. The van der Waals surface area contributed by atoms with Gasteiger partial charge in [0.05, 0.1) is 5.75 Å².